The van der Waals surface area contributed by atoms with Crippen LogP contribution in [0.15, 0.2) is 48.5 Å². The van der Waals surface area contributed by atoms with E-state index in [4.69, 9.17) is 0 Å². The second kappa shape index (κ2) is 12.2. The summed E-state index contributed by atoms with van der Waals surface area (Å²) in [5, 5.41) is 0. The summed E-state index contributed by atoms with van der Waals surface area (Å²) in [5.74, 6) is -24.0. The van der Waals surface area contributed by atoms with Crippen molar-refractivity contribution in [2.45, 2.75) is 12.8 Å². The Morgan fingerprint density at radius 2 is 0.568 bits per heavy atom. The average Bonchev–Trinajstić information content (AvgIpc) is 3.36. The topological polar surface area (TPSA) is 0 Å². The van der Waals surface area contributed by atoms with E-state index in [1.54, 1.807) is 0 Å². The molecular formula is C30H22BF12N. The van der Waals surface area contributed by atoms with Crippen LogP contribution in [0.5, 0.6) is 0 Å². The standard InChI is InChI=1S/C24H8BF12.C6H14N/c26-13-1-9(2-14(27)21(13)34)25(10-3-15(28)22(35)16(29)4-10,11-5-17(30)23(36)18(31)6-11)12-7-19(32)24(37)20(33)8-12;1-7(2)5-3-4-6-7/h1-8H;3-6H2,1-2H3/q-1;+1. The van der Waals surface area contributed by atoms with Crippen molar-refractivity contribution in [3.63, 3.8) is 0 Å². The SMILES string of the molecule is C[N+]1(C)CCCC1.Fc1cc([B-](c2cc(F)c(F)c(F)c2)(c2cc(F)c(F)c(F)c2)c2cc(F)c(F)c(F)c2)cc(F)c1F. The second-order valence-corrected chi connectivity index (χ2v) is 11.2. The average molecular weight is 635 g/mol. The first-order valence-corrected chi connectivity index (χ1v) is 13.1. The number of hydrogen-bond acceptors (Lipinski definition) is 0. The van der Waals surface area contributed by atoms with E-state index in [0.29, 0.717) is 0 Å². The third-order valence-electron chi connectivity index (χ3n) is 7.80. The van der Waals surface area contributed by atoms with Crippen LogP contribution in [0.25, 0.3) is 0 Å². The van der Waals surface area contributed by atoms with Crippen LogP contribution in [0.3, 0.4) is 0 Å². The number of rotatable bonds is 4. The van der Waals surface area contributed by atoms with Gasteiger partial charge in [-0.05, 0) is 0 Å². The van der Waals surface area contributed by atoms with Gasteiger partial charge in [-0.15, -0.1) is 0 Å². The van der Waals surface area contributed by atoms with E-state index in [-0.39, 0.29) is 48.5 Å². The van der Waals surface area contributed by atoms with Crippen molar-refractivity contribution in [1.82, 2.24) is 0 Å². The van der Waals surface area contributed by atoms with Crippen LogP contribution in [0.1, 0.15) is 12.8 Å². The minimum Gasteiger partial charge on any atom is -0.328 e. The van der Waals surface area contributed by atoms with Gasteiger partial charge in [0.25, 0.3) is 0 Å². The second-order valence-electron chi connectivity index (χ2n) is 11.2. The highest BCUT2D eigenvalue weighted by Gasteiger charge is 2.37. The van der Waals surface area contributed by atoms with Gasteiger partial charge in [-0.2, -0.15) is 21.9 Å². The first kappa shape index (κ1) is 33.0. The van der Waals surface area contributed by atoms with Gasteiger partial charge in [0.05, 0.1) is 27.2 Å². The molecule has 1 heterocycles. The Morgan fingerprint density at radius 3 is 0.705 bits per heavy atom. The molecule has 0 unspecified atom stereocenters. The van der Waals surface area contributed by atoms with Gasteiger partial charge in [-0.3, -0.25) is 0 Å². The first-order chi connectivity index (χ1) is 20.5. The minimum atomic E-state index is -4.01. The van der Waals surface area contributed by atoms with E-state index in [1.807, 2.05) is 0 Å². The lowest BCUT2D eigenvalue weighted by Crippen LogP contribution is -2.75. The molecule has 1 fully saturated rings. The molecule has 0 aromatic heterocycles. The quantitative estimate of drug-likeness (QED) is 0.119. The van der Waals surface area contributed by atoms with Crippen LogP contribution in [0, 0.1) is 69.8 Å². The van der Waals surface area contributed by atoms with Crippen molar-refractivity contribution in [1.29, 1.82) is 0 Å². The van der Waals surface area contributed by atoms with E-state index >= 15 is 0 Å². The largest absolute Gasteiger partial charge is 0.328 e. The fraction of sp³-hybridized carbons (Fsp3) is 0.200. The Balaban J connectivity index is 0.000000555. The molecular weight excluding hydrogens is 613 g/mol. The summed E-state index contributed by atoms with van der Waals surface area (Å²) in [6.07, 6.45) is -1.14. The molecule has 0 aliphatic carbocycles. The van der Waals surface area contributed by atoms with Gasteiger partial charge in [0.15, 0.2) is 69.8 Å². The molecule has 0 amide bonds. The molecule has 1 nitrogen and oxygen atoms in total. The molecule has 1 aliphatic heterocycles. The molecule has 14 heteroatoms. The number of nitrogens with zero attached hydrogens (tertiary/aromatic N) is 1. The maximum absolute atomic E-state index is 14.4. The smallest absolute Gasteiger partial charge is 0.194 e. The molecule has 0 radical (unpaired) electrons. The van der Waals surface area contributed by atoms with Crippen LogP contribution in [0.2, 0.25) is 0 Å². The normalized spacial score (nSPS) is 14.4. The fourth-order valence-corrected chi connectivity index (χ4v) is 5.65. The highest BCUT2D eigenvalue weighted by atomic mass is 19.2. The Bertz CT molecular complexity index is 1400. The number of halogens is 12. The van der Waals surface area contributed by atoms with Crippen molar-refractivity contribution in [2.24, 2.45) is 0 Å². The van der Waals surface area contributed by atoms with E-state index in [9.17, 15) is 52.7 Å². The van der Waals surface area contributed by atoms with Gasteiger partial charge < -0.3 is 4.48 Å². The molecule has 4 aromatic carbocycles. The van der Waals surface area contributed by atoms with Crippen molar-refractivity contribution in [2.75, 3.05) is 27.2 Å². The Morgan fingerprint density at radius 1 is 0.386 bits per heavy atom. The molecule has 0 atom stereocenters. The molecule has 0 N–H and O–H groups in total. The first-order valence-electron chi connectivity index (χ1n) is 13.1. The van der Waals surface area contributed by atoms with Gasteiger partial charge in [0, 0.05) is 12.8 Å². The van der Waals surface area contributed by atoms with Crippen molar-refractivity contribution in [3.05, 3.63) is 118 Å². The summed E-state index contributed by atoms with van der Waals surface area (Å²) in [4.78, 5) is 0. The van der Waals surface area contributed by atoms with Gasteiger partial charge in [0.2, 0.25) is 0 Å². The summed E-state index contributed by atoms with van der Waals surface area (Å²) in [6, 6.07) is 1.41. The number of benzene rings is 4. The molecule has 0 saturated carbocycles. The number of likely N-dealkylation sites (tertiary alicyclic amines) is 1. The van der Waals surface area contributed by atoms with Gasteiger partial charge in [0.1, 0.15) is 6.15 Å². The maximum Gasteiger partial charge on any atom is 0.194 e. The van der Waals surface area contributed by atoms with Gasteiger partial charge in [-0.1, -0.05) is 48.5 Å². The Kier molecular flexibility index (Phi) is 9.15. The lowest BCUT2D eigenvalue weighted by molar-refractivity contribution is -0.877. The molecule has 0 spiro atoms. The maximum atomic E-state index is 14.4. The molecule has 0 bridgehead atoms. The summed E-state index contributed by atoms with van der Waals surface area (Å²) in [5.41, 5.74) is -3.79. The zero-order valence-electron chi connectivity index (χ0n) is 23.0. The van der Waals surface area contributed by atoms with Crippen molar-refractivity contribution >= 4 is 28.0 Å². The van der Waals surface area contributed by atoms with Crippen LogP contribution in [-0.2, 0) is 0 Å². The molecule has 234 valence electrons. The third kappa shape index (κ3) is 6.04. The van der Waals surface area contributed by atoms with Gasteiger partial charge >= 0.3 is 0 Å². The zero-order chi connectivity index (χ0) is 32.7. The van der Waals surface area contributed by atoms with Gasteiger partial charge in [-0.25, -0.2) is 52.7 Å². The third-order valence-corrected chi connectivity index (χ3v) is 7.80. The van der Waals surface area contributed by atoms with E-state index in [0.717, 1.165) is 0 Å². The molecule has 4 aromatic rings. The van der Waals surface area contributed by atoms with Crippen molar-refractivity contribution < 1.29 is 57.2 Å². The predicted molar refractivity (Wildman–Crippen MR) is 141 cm³/mol. The summed E-state index contributed by atoms with van der Waals surface area (Å²) < 4.78 is 171. The Labute approximate surface area is 243 Å². The summed E-state index contributed by atoms with van der Waals surface area (Å²) in [7, 11) is 4.60. The number of quaternary nitrogens is 1. The van der Waals surface area contributed by atoms with E-state index in [2.05, 4.69) is 14.1 Å². The summed E-state index contributed by atoms with van der Waals surface area (Å²) >= 11 is 0. The highest BCUT2D eigenvalue weighted by Crippen LogP contribution is 2.21. The monoisotopic (exact) mass is 635 g/mol. The Hall–Kier alpha value is -3.94. The van der Waals surface area contributed by atoms with Crippen LogP contribution >= 0.6 is 0 Å². The minimum absolute atomic E-state index is 0.177. The molecule has 44 heavy (non-hydrogen) atoms. The van der Waals surface area contributed by atoms with Crippen LogP contribution in [0.4, 0.5) is 52.7 Å². The molecule has 1 saturated heterocycles. The highest BCUT2D eigenvalue weighted by molar-refractivity contribution is 7.19. The van der Waals surface area contributed by atoms with Crippen molar-refractivity contribution in [3.8, 4) is 0 Å². The predicted octanol–water partition coefficient (Wildman–Crippen LogP) is 5.59. The van der Waals surface area contributed by atoms with E-state index < -0.39 is 97.8 Å². The number of hydrogen-bond donors (Lipinski definition) is 0. The lowest BCUT2D eigenvalue weighted by atomic mass is 9.13. The summed E-state index contributed by atoms with van der Waals surface area (Å²) in [6.45, 7) is 2.78. The van der Waals surface area contributed by atoms with Crippen LogP contribution < -0.4 is 21.9 Å². The molecule has 5 rings (SSSR count). The van der Waals surface area contributed by atoms with Crippen LogP contribution in [-0.4, -0.2) is 37.8 Å². The lowest BCUT2D eigenvalue weighted by Gasteiger charge is -2.44. The van der Waals surface area contributed by atoms with E-state index in [1.165, 1.54) is 30.4 Å². The fourth-order valence-electron chi connectivity index (χ4n) is 5.65. The molecule has 1 aliphatic rings. The zero-order valence-corrected chi connectivity index (χ0v) is 23.0.